The molecule has 2 aromatic rings. The number of hydrogen-bond acceptors (Lipinski definition) is 6. The molecule has 2 aliphatic heterocycles. The highest BCUT2D eigenvalue weighted by molar-refractivity contribution is 7.89. The van der Waals surface area contributed by atoms with Crippen molar-refractivity contribution in [1.29, 1.82) is 5.26 Å². The van der Waals surface area contributed by atoms with Crippen molar-refractivity contribution >= 4 is 21.6 Å². The Bertz CT molecular complexity index is 1140. The van der Waals surface area contributed by atoms with Gasteiger partial charge in [-0.2, -0.15) is 9.57 Å². The summed E-state index contributed by atoms with van der Waals surface area (Å²) in [5.74, 6) is 0.233. The number of hydrogen-bond donors (Lipinski definition) is 0. The number of fused-ring (bicyclic) bond motifs is 1. The number of nitriles is 1. The Morgan fingerprint density at radius 3 is 2.68 bits per heavy atom. The van der Waals surface area contributed by atoms with Crippen molar-refractivity contribution in [2.45, 2.75) is 24.3 Å². The van der Waals surface area contributed by atoms with Crippen LogP contribution in [0.1, 0.15) is 18.1 Å². The molecule has 2 aliphatic rings. The fourth-order valence-electron chi connectivity index (χ4n) is 3.82. The third-order valence-electron chi connectivity index (χ3n) is 5.44. The van der Waals surface area contributed by atoms with Crippen LogP contribution in [-0.4, -0.2) is 57.6 Å². The molecule has 162 valence electrons. The van der Waals surface area contributed by atoms with Gasteiger partial charge >= 0.3 is 0 Å². The summed E-state index contributed by atoms with van der Waals surface area (Å²) >= 11 is 0. The zero-order chi connectivity index (χ0) is 22.0. The SMILES string of the molecule is CC(Oc1cccc(C#N)c1)C(=O)N1CCc2cc(S(=O)(=O)N3CCOCC3)ccc21. The maximum Gasteiger partial charge on any atom is 0.267 e. The quantitative estimate of drug-likeness (QED) is 0.703. The normalized spacial score (nSPS) is 17.6. The summed E-state index contributed by atoms with van der Waals surface area (Å²) in [6, 6.07) is 13.6. The van der Waals surface area contributed by atoms with Crippen LogP contribution in [-0.2, 0) is 26.0 Å². The van der Waals surface area contributed by atoms with E-state index in [1.54, 1.807) is 54.3 Å². The fraction of sp³-hybridized carbons (Fsp3) is 0.364. The van der Waals surface area contributed by atoms with E-state index >= 15 is 0 Å². The molecule has 2 aromatic carbocycles. The molecule has 1 atom stereocenters. The summed E-state index contributed by atoms with van der Waals surface area (Å²) in [6.45, 7) is 3.58. The third kappa shape index (κ3) is 4.28. The lowest BCUT2D eigenvalue weighted by Crippen LogP contribution is -2.40. The molecule has 9 heteroatoms. The summed E-state index contributed by atoms with van der Waals surface area (Å²) < 4.78 is 38.2. The number of anilines is 1. The Hall–Kier alpha value is -2.93. The number of carbonyl (C=O) groups is 1. The molecule has 1 saturated heterocycles. The van der Waals surface area contributed by atoms with Crippen LogP contribution in [0.4, 0.5) is 5.69 Å². The van der Waals surface area contributed by atoms with Crippen molar-refractivity contribution in [2.24, 2.45) is 0 Å². The number of amides is 1. The van der Waals surface area contributed by atoms with Gasteiger partial charge in [0.2, 0.25) is 10.0 Å². The molecule has 8 nitrogen and oxygen atoms in total. The lowest BCUT2D eigenvalue weighted by Gasteiger charge is -2.26. The molecule has 2 heterocycles. The Kier molecular flexibility index (Phi) is 5.96. The summed E-state index contributed by atoms with van der Waals surface area (Å²) in [7, 11) is -3.59. The maximum atomic E-state index is 13.0. The molecular formula is C22H23N3O5S. The molecule has 1 amide bonds. The van der Waals surface area contributed by atoms with E-state index in [1.165, 1.54) is 4.31 Å². The standard InChI is InChI=1S/C22H23N3O5S/c1-16(30-19-4-2-3-17(13-19)15-23)22(26)25-8-7-18-14-20(5-6-21(18)25)31(27,28)24-9-11-29-12-10-24/h2-6,13-14,16H,7-12H2,1H3. The van der Waals surface area contributed by atoms with E-state index in [2.05, 4.69) is 0 Å². The van der Waals surface area contributed by atoms with Gasteiger partial charge in [0.25, 0.3) is 5.91 Å². The molecule has 1 fully saturated rings. The molecule has 0 bridgehead atoms. The first-order chi connectivity index (χ1) is 14.9. The van der Waals surface area contributed by atoms with Crippen molar-refractivity contribution in [3.63, 3.8) is 0 Å². The van der Waals surface area contributed by atoms with Crippen LogP contribution in [0.3, 0.4) is 0 Å². The highest BCUT2D eigenvalue weighted by atomic mass is 32.2. The van der Waals surface area contributed by atoms with Crippen LogP contribution in [0, 0.1) is 11.3 Å². The summed E-state index contributed by atoms with van der Waals surface area (Å²) in [4.78, 5) is 14.9. The van der Waals surface area contributed by atoms with E-state index in [-0.39, 0.29) is 10.8 Å². The van der Waals surface area contributed by atoms with Gasteiger partial charge in [-0.05, 0) is 55.3 Å². The number of nitrogens with zero attached hydrogens (tertiary/aromatic N) is 3. The van der Waals surface area contributed by atoms with Gasteiger partial charge in [-0.3, -0.25) is 4.79 Å². The first-order valence-electron chi connectivity index (χ1n) is 10.1. The Labute approximate surface area is 181 Å². The predicted molar refractivity (Wildman–Crippen MR) is 113 cm³/mol. The zero-order valence-electron chi connectivity index (χ0n) is 17.2. The maximum absolute atomic E-state index is 13.0. The van der Waals surface area contributed by atoms with Crippen LogP contribution in [0.25, 0.3) is 0 Å². The molecule has 0 aliphatic carbocycles. The number of benzene rings is 2. The summed E-state index contributed by atoms with van der Waals surface area (Å²) in [5, 5.41) is 9.02. The van der Waals surface area contributed by atoms with Gasteiger partial charge in [0, 0.05) is 25.3 Å². The number of sulfonamides is 1. The molecule has 0 spiro atoms. The molecule has 0 N–H and O–H groups in total. The molecule has 0 saturated carbocycles. The minimum Gasteiger partial charge on any atom is -0.481 e. The van der Waals surface area contributed by atoms with Gasteiger partial charge in [0.15, 0.2) is 6.10 Å². The van der Waals surface area contributed by atoms with Crippen molar-refractivity contribution in [3.05, 3.63) is 53.6 Å². The molecule has 1 unspecified atom stereocenters. The van der Waals surface area contributed by atoms with Crippen LogP contribution >= 0.6 is 0 Å². The number of rotatable bonds is 5. The van der Waals surface area contributed by atoms with Gasteiger partial charge in [-0.15, -0.1) is 0 Å². The first-order valence-corrected chi connectivity index (χ1v) is 11.5. The fourth-order valence-corrected chi connectivity index (χ4v) is 5.28. The van der Waals surface area contributed by atoms with Crippen LogP contribution < -0.4 is 9.64 Å². The largest absolute Gasteiger partial charge is 0.481 e. The third-order valence-corrected chi connectivity index (χ3v) is 7.34. The Morgan fingerprint density at radius 1 is 1.16 bits per heavy atom. The van der Waals surface area contributed by atoms with E-state index in [1.807, 2.05) is 6.07 Å². The number of morpholine rings is 1. The molecule has 31 heavy (non-hydrogen) atoms. The van der Waals surface area contributed by atoms with E-state index < -0.39 is 16.1 Å². The number of carbonyl (C=O) groups excluding carboxylic acids is 1. The van der Waals surface area contributed by atoms with E-state index in [9.17, 15) is 13.2 Å². The predicted octanol–water partition coefficient (Wildman–Crippen LogP) is 1.94. The van der Waals surface area contributed by atoms with Crippen LogP contribution in [0.5, 0.6) is 5.75 Å². The van der Waals surface area contributed by atoms with Crippen molar-refractivity contribution in [3.8, 4) is 11.8 Å². The number of ether oxygens (including phenoxy) is 2. The monoisotopic (exact) mass is 441 g/mol. The highest BCUT2D eigenvalue weighted by Gasteiger charge is 2.32. The van der Waals surface area contributed by atoms with Gasteiger partial charge in [-0.1, -0.05) is 6.07 Å². The second kappa shape index (κ2) is 8.67. The topological polar surface area (TPSA) is 99.9 Å². The van der Waals surface area contributed by atoms with Crippen LogP contribution in [0.15, 0.2) is 47.4 Å². The van der Waals surface area contributed by atoms with Gasteiger partial charge in [0.05, 0.1) is 29.7 Å². The van der Waals surface area contributed by atoms with E-state index in [4.69, 9.17) is 14.7 Å². The van der Waals surface area contributed by atoms with E-state index in [0.717, 1.165) is 5.56 Å². The van der Waals surface area contributed by atoms with Crippen molar-refractivity contribution in [1.82, 2.24) is 4.31 Å². The average Bonchev–Trinajstić information content (AvgIpc) is 3.22. The molecule has 0 aromatic heterocycles. The van der Waals surface area contributed by atoms with E-state index in [0.29, 0.717) is 56.3 Å². The lowest BCUT2D eigenvalue weighted by molar-refractivity contribution is -0.124. The lowest BCUT2D eigenvalue weighted by atomic mass is 10.2. The minimum absolute atomic E-state index is 0.218. The smallest absolute Gasteiger partial charge is 0.267 e. The first kappa shape index (κ1) is 21.3. The van der Waals surface area contributed by atoms with Crippen molar-refractivity contribution < 1.29 is 22.7 Å². The highest BCUT2D eigenvalue weighted by Crippen LogP contribution is 2.32. The van der Waals surface area contributed by atoms with Gasteiger partial charge in [0.1, 0.15) is 5.75 Å². The molecular weight excluding hydrogens is 418 g/mol. The summed E-state index contributed by atoms with van der Waals surface area (Å²) in [5.41, 5.74) is 1.98. The molecule has 4 rings (SSSR count). The Balaban J connectivity index is 1.50. The zero-order valence-corrected chi connectivity index (χ0v) is 18.0. The van der Waals surface area contributed by atoms with Crippen LogP contribution in [0.2, 0.25) is 0 Å². The molecule has 0 radical (unpaired) electrons. The minimum atomic E-state index is -3.59. The van der Waals surface area contributed by atoms with Gasteiger partial charge < -0.3 is 14.4 Å². The second-order valence-corrected chi connectivity index (χ2v) is 9.38. The summed E-state index contributed by atoms with van der Waals surface area (Å²) in [6.07, 6.45) is -0.180. The average molecular weight is 442 g/mol. The Morgan fingerprint density at radius 2 is 1.94 bits per heavy atom. The second-order valence-electron chi connectivity index (χ2n) is 7.45. The van der Waals surface area contributed by atoms with Crippen molar-refractivity contribution in [2.75, 3.05) is 37.7 Å². The van der Waals surface area contributed by atoms with Gasteiger partial charge in [-0.25, -0.2) is 8.42 Å².